The standard InChI is InChI=1S/C54H30O3/c1-2-12-32-27-34(22-21-31(32)11-1)46-30-55-53-43(46)26-25-42-37-24-23-35(29-48(37)57-54(42)53)49-38-15-5-7-17-40(38)50(41-18-8-6-16-39(41)49)45-28-33-13-3-4-14-36(33)51-44-19-9-10-20-47(44)56-52(45)51/h1-30H. The second kappa shape index (κ2) is 11.5. The van der Waals surface area contributed by atoms with Crippen molar-refractivity contribution in [2.24, 2.45) is 0 Å². The Balaban J connectivity index is 1.04. The van der Waals surface area contributed by atoms with Gasteiger partial charge in [0.2, 0.25) is 0 Å². The second-order valence-corrected chi connectivity index (χ2v) is 15.1. The fourth-order valence-electron chi connectivity index (χ4n) is 9.55. The molecule has 264 valence electrons. The van der Waals surface area contributed by atoms with E-state index in [9.17, 15) is 0 Å². The lowest BCUT2D eigenvalue weighted by Gasteiger charge is -2.18. The molecule has 13 rings (SSSR count). The zero-order chi connectivity index (χ0) is 37.2. The molecule has 0 amide bonds. The van der Waals surface area contributed by atoms with Crippen molar-refractivity contribution in [3.05, 3.63) is 182 Å². The molecule has 0 aliphatic heterocycles. The molecule has 57 heavy (non-hydrogen) atoms. The first-order valence-electron chi connectivity index (χ1n) is 19.4. The fourth-order valence-corrected chi connectivity index (χ4v) is 9.55. The minimum Gasteiger partial charge on any atom is -0.460 e. The van der Waals surface area contributed by atoms with Crippen LogP contribution in [0.5, 0.6) is 0 Å². The number of fused-ring (bicyclic) bond motifs is 13. The van der Waals surface area contributed by atoms with Crippen molar-refractivity contribution in [1.29, 1.82) is 0 Å². The van der Waals surface area contributed by atoms with Gasteiger partial charge < -0.3 is 13.3 Å². The van der Waals surface area contributed by atoms with Crippen LogP contribution >= 0.6 is 0 Å². The zero-order valence-corrected chi connectivity index (χ0v) is 30.5. The lowest BCUT2D eigenvalue weighted by molar-refractivity contribution is 0.600. The third kappa shape index (κ3) is 4.31. The maximum atomic E-state index is 6.79. The summed E-state index contributed by atoms with van der Waals surface area (Å²) in [5.74, 6) is 0. The summed E-state index contributed by atoms with van der Waals surface area (Å²) >= 11 is 0. The molecule has 3 heterocycles. The van der Waals surface area contributed by atoms with Crippen molar-refractivity contribution < 1.29 is 13.3 Å². The largest absolute Gasteiger partial charge is 0.460 e. The van der Waals surface area contributed by atoms with E-state index in [0.29, 0.717) is 0 Å². The molecular formula is C54H30O3. The fraction of sp³-hybridized carbons (Fsp3) is 0. The quantitative estimate of drug-likeness (QED) is 0.170. The highest BCUT2D eigenvalue weighted by Gasteiger charge is 2.23. The average Bonchev–Trinajstić information content (AvgIpc) is 3.99. The van der Waals surface area contributed by atoms with Crippen LogP contribution in [0.1, 0.15) is 0 Å². The summed E-state index contributed by atoms with van der Waals surface area (Å²) in [6.07, 6.45) is 1.86. The maximum absolute atomic E-state index is 6.79. The summed E-state index contributed by atoms with van der Waals surface area (Å²) in [5.41, 5.74) is 10.9. The van der Waals surface area contributed by atoms with Crippen molar-refractivity contribution in [2.75, 3.05) is 0 Å². The number of benzene rings is 10. The molecule has 3 nitrogen and oxygen atoms in total. The molecule has 0 N–H and O–H groups in total. The molecule has 0 aliphatic carbocycles. The van der Waals surface area contributed by atoms with Crippen LogP contribution in [0.4, 0.5) is 0 Å². The van der Waals surface area contributed by atoms with E-state index in [4.69, 9.17) is 13.3 Å². The van der Waals surface area contributed by atoms with Gasteiger partial charge in [0.25, 0.3) is 0 Å². The highest BCUT2D eigenvalue weighted by Crippen LogP contribution is 2.49. The molecule has 0 bridgehead atoms. The molecule has 13 aromatic rings. The first-order chi connectivity index (χ1) is 28.3. The van der Waals surface area contributed by atoms with Crippen LogP contribution < -0.4 is 0 Å². The van der Waals surface area contributed by atoms with Crippen LogP contribution in [0.15, 0.2) is 195 Å². The lowest BCUT2D eigenvalue weighted by Crippen LogP contribution is -1.91. The first-order valence-corrected chi connectivity index (χ1v) is 19.4. The Kier molecular flexibility index (Phi) is 6.16. The van der Waals surface area contributed by atoms with E-state index in [2.05, 4.69) is 170 Å². The van der Waals surface area contributed by atoms with Crippen LogP contribution in [-0.2, 0) is 0 Å². The van der Waals surface area contributed by atoms with Crippen LogP contribution in [-0.4, -0.2) is 0 Å². The van der Waals surface area contributed by atoms with Crippen molar-refractivity contribution in [1.82, 2.24) is 0 Å². The first kappa shape index (κ1) is 30.7. The third-order valence-electron chi connectivity index (χ3n) is 12.1. The molecular weight excluding hydrogens is 697 g/mol. The Hall–Kier alpha value is -7.62. The van der Waals surface area contributed by atoms with E-state index in [-0.39, 0.29) is 0 Å². The van der Waals surface area contributed by atoms with Crippen molar-refractivity contribution in [3.8, 4) is 33.4 Å². The molecule has 0 fully saturated rings. The van der Waals surface area contributed by atoms with E-state index in [1.54, 1.807) is 0 Å². The predicted molar refractivity (Wildman–Crippen MR) is 237 cm³/mol. The van der Waals surface area contributed by atoms with E-state index in [0.717, 1.165) is 77.1 Å². The Morgan fingerprint density at radius 1 is 0.298 bits per heavy atom. The summed E-state index contributed by atoms with van der Waals surface area (Å²) in [5, 5.41) is 14.9. The molecule has 0 saturated carbocycles. The lowest BCUT2D eigenvalue weighted by atomic mass is 9.85. The number of rotatable bonds is 3. The van der Waals surface area contributed by atoms with Crippen LogP contribution in [0.3, 0.4) is 0 Å². The van der Waals surface area contributed by atoms with E-state index >= 15 is 0 Å². The zero-order valence-electron chi connectivity index (χ0n) is 30.5. The summed E-state index contributed by atoms with van der Waals surface area (Å²) in [6, 6.07) is 62.9. The predicted octanol–water partition coefficient (Wildman–Crippen LogP) is 15.8. The van der Waals surface area contributed by atoms with Gasteiger partial charge in [0.1, 0.15) is 16.7 Å². The Labute approximate surface area is 325 Å². The van der Waals surface area contributed by atoms with Crippen molar-refractivity contribution >= 4 is 97.9 Å². The molecule has 0 spiro atoms. The van der Waals surface area contributed by atoms with Gasteiger partial charge in [0.05, 0.1) is 6.26 Å². The highest BCUT2D eigenvalue weighted by atomic mass is 16.4. The molecule has 0 unspecified atom stereocenters. The normalized spacial score (nSPS) is 12.2. The number of furan rings is 3. The van der Waals surface area contributed by atoms with Gasteiger partial charge in [-0.25, -0.2) is 0 Å². The molecule has 0 aliphatic rings. The number of hydrogen-bond acceptors (Lipinski definition) is 3. The van der Waals surface area contributed by atoms with Gasteiger partial charge in [-0.1, -0.05) is 133 Å². The minimum absolute atomic E-state index is 0.765. The third-order valence-corrected chi connectivity index (χ3v) is 12.1. The molecule has 0 atom stereocenters. The minimum atomic E-state index is 0.765. The van der Waals surface area contributed by atoms with Crippen LogP contribution in [0, 0.1) is 0 Å². The van der Waals surface area contributed by atoms with Gasteiger partial charge in [-0.05, 0) is 102 Å². The summed E-state index contributed by atoms with van der Waals surface area (Å²) in [6.45, 7) is 0. The van der Waals surface area contributed by atoms with Gasteiger partial charge in [0.15, 0.2) is 11.2 Å². The van der Waals surface area contributed by atoms with Crippen molar-refractivity contribution in [3.63, 3.8) is 0 Å². The molecule has 0 saturated heterocycles. The monoisotopic (exact) mass is 726 g/mol. The Bertz CT molecular complexity index is 3760. The van der Waals surface area contributed by atoms with Gasteiger partial charge in [-0.3, -0.25) is 0 Å². The highest BCUT2D eigenvalue weighted by molar-refractivity contribution is 6.28. The molecule has 3 heteroatoms. The maximum Gasteiger partial charge on any atom is 0.178 e. The number of para-hydroxylation sites is 1. The van der Waals surface area contributed by atoms with Gasteiger partial charge >= 0.3 is 0 Å². The van der Waals surface area contributed by atoms with Crippen LogP contribution in [0.25, 0.3) is 131 Å². The van der Waals surface area contributed by atoms with Gasteiger partial charge in [0, 0.05) is 43.6 Å². The van der Waals surface area contributed by atoms with Crippen LogP contribution in [0.2, 0.25) is 0 Å². The number of hydrogen-bond donors (Lipinski definition) is 0. The summed E-state index contributed by atoms with van der Waals surface area (Å²) in [4.78, 5) is 0. The second-order valence-electron chi connectivity index (χ2n) is 15.1. The van der Waals surface area contributed by atoms with Gasteiger partial charge in [-0.15, -0.1) is 0 Å². The van der Waals surface area contributed by atoms with E-state index in [1.807, 2.05) is 12.3 Å². The van der Waals surface area contributed by atoms with Gasteiger partial charge in [-0.2, -0.15) is 0 Å². The molecule has 0 radical (unpaired) electrons. The Morgan fingerprint density at radius 2 is 0.895 bits per heavy atom. The van der Waals surface area contributed by atoms with E-state index < -0.39 is 0 Å². The SMILES string of the molecule is c1ccc2cc(-c3coc4c3ccc3c5ccc(-c6c7ccccc7c(-c7cc8ccccc8c8c7oc7ccccc78)c7ccccc67)cc5oc34)ccc2c1. The molecule has 3 aromatic heterocycles. The smallest absolute Gasteiger partial charge is 0.178 e. The average molecular weight is 727 g/mol. The topological polar surface area (TPSA) is 39.4 Å². The summed E-state index contributed by atoms with van der Waals surface area (Å²) < 4.78 is 19.9. The molecule has 10 aromatic carbocycles. The van der Waals surface area contributed by atoms with E-state index in [1.165, 1.54) is 54.2 Å². The van der Waals surface area contributed by atoms with Crippen molar-refractivity contribution in [2.45, 2.75) is 0 Å². The summed E-state index contributed by atoms with van der Waals surface area (Å²) in [7, 11) is 0. The Morgan fingerprint density at radius 3 is 1.68 bits per heavy atom.